The first-order valence-electron chi connectivity index (χ1n) is 8.33. The number of hydrogen-bond donors (Lipinski definition) is 3. The molecule has 0 aliphatic heterocycles. The number of nitrogens with one attached hydrogen (secondary N) is 1. The Kier molecular flexibility index (Phi) is 6.17. The zero-order valence-electron chi connectivity index (χ0n) is 14.9. The van der Waals surface area contributed by atoms with Crippen molar-refractivity contribution in [1.29, 1.82) is 0 Å². The van der Waals surface area contributed by atoms with Gasteiger partial charge in [-0.05, 0) is 29.2 Å². The van der Waals surface area contributed by atoms with Gasteiger partial charge in [-0.3, -0.25) is 4.79 Å². The zero-order valence-corrected chi connectivity index (χ0v) is 14.9. The van der Waals surface area contributed by atoms with Crippen LogP contribution in [0.25, 0.3) is 0 Å². The second-order valence-corrected chi connectivity index (χ2v) is 6.47. The zero-order chi connectivity index (χ0) is 18.4. The summed E-state index contributed by atoms with van der Waals surface area (Å²) in [6, 6.07) is 16.5. The number of hydrogen-bond acceptors (Lipinski definition) is 4. The van der Waals surface area contributed by atoms with Crippen LogP contribution >= 0.6 is 0 Å². The van der Waals surface area contributed by atoms with Crippen LogP contribution in [0.2, 0.25) is 0 Å². The molecule has 25 heavy (non-hydrogen) atoms. The predicted molar refractivity (Wildman–Crippen MR) is 98.1 cm³/mol. The number of ether oxygens (including phenoxy) is 1. The first-order chi connectivity index (χ1) is 11.9. The summed E-state index contributed by atoms with van der Waals surface area (Å²) in [5.74, 6) is 0.258. The third-order valence-corrected chi connectivity index (χ3v) is 4.38. The normalized spacial score (nSPS) is 14.8. The van der Waals surface area contributed by atoms with Crippen LogP contribution in [0.5, 0.6) is 5.75 Å². The highest BCUT2D eigenvalue weighted by molar-refractivity contribution is 5.85. The Hall–Kier alpha value is -2.37. The molecule has 0 bridgehead atoms. The topological polar surface area (TPSA) is 84.6 Å². The van der Waals surface area contributed by atoms with Crippen molar-refractivity contribution in [2.24, 2.45) is 11.7 Å². The Labute approximate surface area is 148 Å². The highest BCUT2D eigenvalue weighted by Crippen LogP contribution is 2.26. The fraction of sp³-hybridized carbons (Fsp3) is 0.350. The molecule has 2 atom stereocenters. The van der Waals surface area contributed by atoms with Crippen molar-refractivity contribution < 1.29 is 14.6 Å². The number of rotatable bonds is 8. The lowest BCUT2D eigenvalue weighted by Crippen LogP contribution is -2.49. The van der Waals surface area contributed by atoms with Crippen LogP contribution in [-0.4, -0.2) is 24.7 Å². The lowest BCUT2D eigenvalue weighted by atomic mass is 9.90. The van der Waals surface area contributed by atoms with E-state index >= 15 is 0 Å². The molecule has 0 aliphatic carbocycles. The van der Waals surface area contributed by atoms with Gasteiger partial charge in [0, 0.05) is 12.6 Å². The van der Waals surface area contributed by atoms with E-state index in [2.05, 4.69) is 19.2 Å². The molecule has 0 radical (unpaired) electrons. The van der Waals surface area contributed by atoms with Crippen LogP contribution in [0.1, 0.15) is 31.0 Å². The number of methoxy groups -OCH3 is 1. The van der Waals surface area contributed by atoms with E-state index in [0.29, 0.717) is 5.56 Å². The molecule has 0 aromatic heterocycles. The molecule has 1 amide bonds. The van der Waals surface area contributed by atoms with Crippen molar-refractivity contribution in [3.63, 3.8) is 0 Å². The van der Waals surface area contributed by atoms with Crippen molar-refractivity contribution in [3.05, 3.63) is 65.7 Å². The van der Waals surface area contributed by atoms with Gasteiger partial charge in [0.1, 0.15) is 5.75 Å². The summed E-state index contributed by atoms with van der Waals surface area (Å²) in [5.41, 5.74) is 5.26. The van der Waals surface area contributed by atoms with Gasteiger partial charge in [0.25, 0.3) is 5.91 Å². The fourth-order valence-electron chi connectivity index (χ4n) is 2.85. The molecule has 134 valence electrons. The molecule has 0 aliphatic rings. The maximum atomic E-state index is 11.9. The van der Waals surface area contributed by atoms with Gasteiger partial charge in [-0.2, -0.15) is 0 Å². The van der Waals surface area contributed by atoms with Gasteiger partial charge < -0.3 is 20.9 Å². The van der Waals surface area contributed by atoms with E-state index in [0.717, 1.165) is 11.3 Å². The van der Waals surface area contributed by atoms with Crippen LogP contribution in [0, 0.1) is 5.92 Å². The standard InChI is InChI=1S/C20H26N2O3/c1-14(2)18(15-9-11-17(25-3)12-10-15)22-13-20(24,19(21)23)16-7-5-4-6-8-16/h4-12,14,18,22,24H,13H2,1-3H3,(H2,21,23)/t18-,20-/m0/s1. The van der Waals surface area contributed by atoms with Crippen LogP contribution in [0.4, 0.5) is 0 Å². The highest BCUT2D eigenvalue weighted by atomic mass is 16.5. The average molecular weight is 342 g/mol. The fourth-order valence-corrected chi connectivity index (χ4v) is 2.85. The molecule has 0 unspecified atom stereocenters. The molecule has 2 rings (SSSR count). The summed E-state index contributed by atoms with van der Waals surface area (Å²) >= 11 is 0. The Balaban J connectivity index is 2.22. The smallest absolute Gasteiger partial charge is 0.255 e. The largest absolute Gasteiger partial charge is 0.497 e. The summed E-state index contributed by atoms with van der Waals surface area (Å²) in [5, 5.41) is 14.2. The van der Waals surface area contributed by atoms with E-state index in [-0.39, 0.29) is 18.5 Å². The van der Waals surface area contributed by atoms with Gasteiger partial charge in [0.2, 0.25) is 0 Å². The molecule has 4 N–H and O–H groups in total. The van der Waals surface area contributed by atoms with Crippen LogP contribution in [0.3, 0.4) is 0 Å². The van der Waals surface area contributed by atoms with Crippen molar-refractivity contribution in [2.75, 3.05) is 13.7 Å². The molecule has 0 saturated heterocycles. The van der Waals surface area contributed by atoms with Crippen molar-refractivity contribution in [3.8, 4) is 5.75 Å². The average Bonchev–Trinajstić information content (AvgIpc) is 2.62. The first-order valence-corrected chi connectivity index (χ1v) is 8.33. The number of nitrogens with two attached hydrogens (primary N) is 1. The molecular formula is C20H26N2O3. The van der Waals surface area contributed by atoms with Crippen molar-refractivity contribution in [2.45, 2.75) is 25.5 Å². The minimum absolute atomic E-state index is 0.0290. The summed E-state index contributed by atoms with van der Waals surface area (Å²) < 4.78 is 5.19. The van der Waals surface area contributed by atoms with E-state index < -0.39 is 11.5 Å². The maximum Gasteiger partial charge on any atom is 0.255 e. The van der Waals surface area contributed by atoms with Gasteiger partial charge >= 0.3 is 0 Å². The molecule has 5 heteroatoms. The van der Waals surface area contributed by atoms with Crippen LogP contribution in [-0.2, 0) is 10.4 Å². The molecule has 0 fully saturated rings. The quantitative estimate of drug-likeness (QED) is 0.687. The summed E-state index contributed by atoms with van der Waals surface area (Å²) in [6.07, 6.45) is 0. The van der Waals surface area contributed by atoms with Crippen LogP contribution < -0.4 is 15.8 Å². The minimum Gasteiger partial charge on any atom is -0.497 e. The lowest BCUT2D eigenvalue weighted by molar-refractivity contribution is -0.137. The molecule has 0 heterocycles. The SMILES string of the molecule is COc1ccc([C@@H](NC[C@@](O)(C(N)=O)c2ccccc2)C(C)C)cc1. The Bertz CT molecular complexity index is 686. The molecule has 2 aromatic carbocycles. The number of carbonyl (C=O) groups excluding carboxylic acids is 1. The van der Waals surface area contributed by atoms with Gasteiger partial charge in [0.15, 0.2) is 5.60 Å². The maximum absolute atomic E-state index is 11.9. The number of primary amides is 1. The Morgan fingerprint density at radius 2 is 1.76 bits per heavy atom. The monoisotopic (exact) mass is 342 g/mol. The molecule has 0 saturated carbocycles. The van der Waals surface area contributed by atoms with Gasteiger partial charge in [-0.1, -0.05) is 56.3 Å². The number of carbonyl (C=O) groups is 1. The predicted octanol–water partition coefficient (Wildman–Crippen LogP) is 2.36. The Morgan fingerprint density at radius 1 is 1.16 bits per heavy atom. The second-order valence-electron chi connectivity index (χ2n) is 6.47. The highest BCUT2D eigenvalue weighted by Gasteiger charge is 2.36. The van der Waals surface area contributed by atoms with Gasteiger partial charge in [0.05, 0.1) is 7.11 Å². The van der Waals surface area contributed by atoms with E-state index in [4.69, 9.17) is 10.5 Å². The molecule has 0 spiro atoms. The molecule has 2 aromatic rings. The first kappa shape index (κ1) is 19.0. The summed E-state index contributed by atoms with van der Waals surface area (Å²) in [4.78, 5) is 11.9. The van der Waals surface area contributed by atoms with Crippen LogP contribution in [0.15, 0.2) is 54.6 Å². The Morgan fingerprint density at radius 3 is 2.24 bits per heavy atom. The molecular weight excluding hydrogens is 316 g/mol. The second kappa shape index (κ2) is 8.14. The van der Waals surface area contributed by atoms with Gasteiger partial charge in [-0.15, -0.1) is 0 Å². The summed E-state index contributed by atoms with van der Waals surface area (Å²) in [6.45, 7) is 4.18. The van der Waals surface area contributed by atoms with E-state index in [1.807, 2.05) is 30.3 Å². The van der Waals surface area contributed by atoms with E-state index in [1.165, 1.54) is 0 Å². The number of aliphatic hydroxyl groups is 1. The third-order valence-electron chi connectivity index (χ3n) is 4.38. The minimum atomic E-state index is -1.76. The summed E-state index contributed by atoms with van der Waals surface area (Å²) in [7, 11) is 1.63. The number of amides is 1. The number of benzene rings is 2. The lowest BCUT2D eigenvalue weighted by Gasteiger charge is -2.30. The van der Waals surface area contributed by atoms with Gasteiger partial charge in [-0.25, -0.2) is 0 Å². The third kappa shape index (κ3) is 4.38. The van der Waals surface area contributed by atoms with E-state index in [9.17, 15) is 9.90 Å². The van der Waals surface area contributed by atoms with E-state index in [1.54, 1.807) is 31.4 Å². The van der Waals surface area contributed by atoms with Crippen molar-refractivity contribution in [1.82, 2.24) is 5.32 Å². The van der Waals surface area contributed by atoms with Crippen molar-refractivity contribution >= 4 is 5.91 Å². The molecule has 5 nitrogen and oxygen atoms in total.